The molecule has 0 aromatic carbocycles. The summed E-state index contributed by atoms with van der Waals surface area (Å²) >= 11 is 0. The van der Waals surface area contributed by atoms with E-state index in [1.807, 2.05) is 20.8 Å². The maximum absolute atomic E-state index is 12.8. The molecule has 0 saturated carbocycles. The van der Waals surface area contributed by atoms with E-state index in [0.717, 1.165) is 19.3 Å². The Kier molecular flexibility index (Phi) is 6.38. The van der Waals surface area contributed by atoms with Crippen LogP contribution >= 0.6 is 0 Å². The molecule has 6 nitrogen and oxygen atoms in total. The molecule has 0 fully saturated rings. The van der Waals surface area contributed by atoms with Gasteiger partial charge < -0.3 is 5.43 Å². The first-order valence-corrected chi connectivity index (χ1v) is 8.36. The van der Waals surface area contributed by atoms with Crippen LogP contribution in [0.2, 0.25) is 0 Å². The first kappa shape index (κ1) is 16.9. The third-order valence-corrected chi connectivity index (χ3v) is 5.27. The van der Waals surface area contributed by atoms with Crippen LogP contribution in [0.25, 0.3) is 0 Å². The van der Waals surface area contributed by atoms with Crippen molar-refractivity contribution in [2.75, 3.05) is 12.0 Å². The highest BCUT2D eigenvalue weighted by atomic mass is 32.2. The van der Waals surface area contributed by atoms with Gasteiger partial charge in [-0.25, -0.2) is 13.4 Å². The monoisotopic (exact) mass is 300 g/mol. The average Bonchev–Trinajstić information content (AvgIpc) is 2.46. The number of unbranched alkanes of at least 4 members (excludes halogenated alkanes) is 1. The van der Waals surface area contributed by atoms with Gasteiger partial charge in [0.25, 0.3) is 10.0 Å². The molecule has 1 unspecified atom stereocenters. The van der Waals surface area contributed by atoms with Crippen molar-refractivity contribution in [1.82, 2.24) is 9.29 Å². The van der Waals surface area contributed by atoms with Crippen molar-refractivity contribution in [2.45, 2.75) is 51.1 Å². The lowest BCUT2D eigenvalue weighted by Crippen LogP contribution is -2.39. The summed E-state index contributed by atoms with van der Waals surface area (Å²) in [6, 6.07) is 3.18. The Labute approximate surface area is 121 Å². The molecule has 0 aliphatic heterocycles. The molecule has 1 rings (SSSR count). The fourth-order valence-electron chi connectivity index (χ4n) is 1.91. The third-order valence-electron chi connectivity index (χ3n) is 3.29. The van der Waals surface area contributed by atoms with E-state index in [1.54, 1.807) is 12.1 Å². The number of hydrogen-bond acceptors (Lipinski definition) is 5. The van der Waals surface area contributed by atoms with E-state index in [2.05, 4.69) is 10.4 Å². The van der Waals surface area contributed by atoms with Gasteiger partial charge in [0.15, 0.2) is 5.03 Å². The highest BCUT2D eigenvalue weighted by molar-refractivity contribution is 7.89. The van der Waals surface area contributed by atoms with Crippen LogP contribution in [-0.2, 0) is 10.0 Å². The van der Waals surface area contributed by atoms with Gasteiger partial charge in [0.1, 0.15) is 0 Å². The zero-order chi connectivity index (χ0) is 15.2. The molecule has 0 radical (unpaired) electrons. The number of anilines is 1. The Hall–Kier alpha value is -1.18. The van der Waals surface area contributed by atoms with E-state index in [9.17, 15) is 8.42 Å². The van der Waals surface area contributed by atoms with Crippen LogP contribution in [0.4, 0.5) is 5.69 Å². The van der Waals surface area contributed by atoms with Crippen molar-refractivity contribution < 1.29 is 8.42 Å². The minimum absolute atomic E-state index is 0.0149. The summed E-state index contributed by atoms with van der Waals surface area (Å²) in [5, 5.41) is -0.0149. The quantitative estimate of drug-likeness (QED) is 0.566. The van der Waals surface area contributed by atoms with Gasteiger partial charge in [-0.15, -0.1) is 0 Å². The lowest BCUT2D eigenvalue weighted by atomic mass is 10.2. The number of nitrogen functional groups attached to an aromatic ring is 1. The molecule has 1 atom stereocenters. The fourth-order valence-corrected chi connectivity index (χ4v) is 3.73. The summed E-state index contributed by atoms with van der Waals surface area (Å²) in [4.78, 5) is 3.99. The number of hydrogen-bond donors (Lipinski definition) is 2. The molecule has 1 heterocycles. The summed E-state index contributed by atoms with van der Waals surface area (Å²) in [7, 11) is -3.65. The van der Waals surface area contributed by atoms with E-state index in [0.29, 0.717) is 12.2 Å². The zero-order valence-corrected chi connectivity index (χ0v) is 13.2. The zero-order valence-electron chi connectivity index (χ0n) is 12.3. The Balaban J connectivity index is 3.21. The second-order valence-electron chi connectivity index (χ2n) is 4.73. The number of nitrogens with two attached hydrogens (primary N) is 1. The molecule has 20 heavy (non-hydrogen) atoms. The Morgan fingerprint density at radius 1 is 1.45 bits per heavy atom. The minimum atomic E-state index is -3.65. The Bertz CT molecular complexity index is 519. The van der Waals surface area contributed by atoms with Gasteiger partial charge in [0, 0.05) is 18.8 Å². The maximum atomic E-state index is 12.8. The molecule has 0 saturated heterocycles. The van der Waals surface area contributed by atoms with Crippen LogP contribution in [0, 0.1) is 0 Å². The maximum Gasteiger partial charge on any atom is 0.262 e. The van der Waals surface area contributed by atoms with E-state index < -0.39 is 10.0 Å². The van der Waals surface area contributed by atoms with Gasteiger partial charge in [-0.1, -0.05) is 20.3 Å². The smallest absolute Gasteiger partial charge is 0.262 e. The standard InChI is InChI=1S/C13H24N4O2S/c1-4-6-10-17(11(3)5-2)20(18,19)13-12(16-14)8-7-9-15-13/h7-9,11,16H,4-6,10,14H2,1-3H3. The van der Waals surface area contributed by atoms with Crippen molar-refractivity contribution in [3.05, 3.63) is 18.3 Å². The van der Waals surface area contributed by atoms with Crippen molar-refractivity contribution in [2.24, 2.45) is 5.84 Å². The van der Waals surface area contributed by atoms with Crippen LogP contribution in [0.15, 0.2) is 23.4 Å². The number of nitrogens with one attached hydrogen (secondary N) is 1. The number of nitrogens with zero attached hydrogens (tertiary/aromatic N) is 2. The lowest BCUT2D eigenvalue weighted by Gasteiger charge is -2.27. The lowest BCUT2D eigenvalue weighted by molar-refractivity contribution is 0.323. The Morgan fingerprint density at radius 3 is 2.70 bits per heavy atom. The van der Waals surface area contributed by atoms with Gasteiger partial charge in [-0.05, 0) is 31.9 Å². The van der Waals surface area contributed by atoms with Crippen LogP contribution in [0.5, 0.6) is 0 Å². The molecule has 0 spiro atoms. The first-order valence-electron chi connectivity index (χ1n) is 6.92. The second kappa shape index (κ2) is 7.56. The normalized spacial score (nSPS) is 13.4. The average molecular weight is 300 g/mol. The summed E-state index contributed by atoms with van der Waals surface area (Å²) < 4.78 is 27.1. The topological polar surface area (TPSA) is 88.3 Å². The second-order valence-corrected chi connectivity index (χ2v) is 6.53. The summed E-state index contributed by atoms with van der Waals surface area (Å²) in [6.07, 6.45) is 3.97. The minimum Gasteiger partial charge on any atom is -0.321 e. The van der Waals surface area contributed by atoms with Gasteiger partial charge in [0.2, 0.25) is 0 Å². The number of pyridine rings is 1. The molecule has 7 heteroatoms. The number of rotatable bonds is 8. The summed E-state index contributed by atoms with van der Waals surface area (Å²) in [6.45, 7) is 6.41. The van der Waals surface area contributed by atoms with Crippen molar-refractivity contribution in [3.8, 4) is 0 Å². The van der Waals surface area contributed by atoms with E-state index in [4.69, 9.17) is 5.84 Å². The van der Waals surface area contributed by atoms with E-state index >= 15 is 0 Å². The summed E-state index contributed by atoms with van der Waals surface area (Å²) in [5.74, 6) is 5.38. The van der Waals surface area contributed by atoms with Crippen LogP contribution < -0.4 is 11.3 Å². The molecule has 0 bridgehead atoms. The molecule has 0 aliphatic rings. The molecule has 0 amide bonds. The fraction of sp³-hybridized carbons (Fsp3) is 0.615. The molecule has 1 aromatic rings. The van der Waals surface area contributed by atoms with Crippen molar-refractivity contribution in [1.29, 1.82) is 0 Å². The molecule has 0 aliphatic carbocycles. The van der Waals surface area contributed by atoms with Gasteiger partial charge in [-0.3, -0.25) is 5.84 Å². The molecule has 1 aromatic heterocycles. The molecular formula is C13H24N4O2S. The van der Waals surface area contributed by atoms with Crippen molar-refractivity contribution >= 4 is 15.7 Å². The third kappa shape index (κ3) is 3.68. The highest BCUT2D eigenvalue weighted by Gasteiger charge is 2.30. The SMILES string of the molecule is CCCCN(C(C)CC)S(=O)(=O)c1ncccc1NN. The van der Waals surface area contributed by atoms with E-state index in [1.165, 1.54) is 10.5 Å². The van der Waals surface area contributed by atoms with Gasteiger partial charge in [0.05, 0.1) is 5.69 Å². The summed E-state index contributed by atoms with van der Waals surface area (Å²) in [5.41, 5.74) is 2.72. The molecule has 3 N–H and O–H groups in total. The van der Waals surface area contributed by atoms with Crippen LogP contribution in [0.3, 0.4) is 0 Å². The first-order chi connectivity index (χ1) is 9.48. The number of aromatic nitrogens is 1. The molecule has 114 valence electrons. The largest absolute Gasteiger partial charge is 0.321 e. The van der Waals surface area contributed by atoms with Gasteiger partial charge >= 0.3 is 0 Å². The predicted molar refractivity (Wildman–Crippen MR) is 80.6 cm³/mol. The number of sulfonamides is 1. The number of hydrazine groups is 1. The predicted octanol–water partition coefficient (Wildman–Crippen LogP) is 1.96. The Morgan fingerprint density at radius 2 is 2.15 bits per heavy atom. The van der Waals surface area contributed by atoms with Gasteiger partial charge in [-0.2, -0.15) is 4.31 Å². The van der Waals surface area contributed by atoms with Crippen LogP contribution in [0.1, 0.15) is 40.0 Å². The molecular weight excluding hydrogens is 276 g/mol. The van der Waals surface area contributed by atoms with Crippen LogP contribution in [-0.4, -0.2) is 30.3 Å². The van der Waals surface area contributed by atoms with Crippen molar-refractivity contribution in [3.63, 3.8) is 0 Å². The highest BCUT2D eigenvalue weighted by Crippen LogP contribution is 2.24. The van der Waals surface area contributed by atoms with E-state index in [-0.39, 0.29) is 11.1 Å².